The molecule has 1 aromatic carbocycles. The standard InChI is InChI=1S/C8H3F3N2O2/c9-3-1-2(8(15)13-7(1)14)4(10)6(12)5(3)11/h12H2,(H,13,14,15). The summed E-state index contributed by atoms with van der Waals surface area (Å²) in [5.41, 5.74) is 1.98. The molecular weight excluding hydrogens is 213 g/mol. The molecule has 0 atom stereocenters. The summed E-state index contributed by atoms with van der Waals surface area (Å²) in [6.07, 6.45) is 0. The molecule has 0 radical (unpaired) electrons. The van der Waals surface area contributed by atoms with Crippen LogP contribution in [0.4, 0.5) is 18.9 Å². The van der Waals surface area contributed by atoms with Gasteiger partial charge in [-0.1, -0.05) is 0 Å². The van der Waals surface area contributed by atoms with Crippen LogP contribution in [0.1, 0.15) is 20.7 Å². The Balaban J connectivity index is 2.92. The van der Waals surface area contributed by atoms with Crippen molar-refractivity contribution in [1.29, 1.82) is 0 Å². The lowest BCUT2D eigenvalue weighted by Crippen LogP contribution is -2.20. The van der Waals surface area contributed by atoms with Crippen LogP contribution in [0.3, 0.4) is 0 Å². The summed E-state index contributed by atoms with van der Waals surface area (Å²) in [5, 5.41) is 1.64. The Morgan fingerprint density at radius 3 is 1.87 bits per heavy atom. The van der Waals surface area contributed by atoms with Crippen molar-refractivity contribution in [2.24, 2.45) is 0 Å². The predicted octanol–water partition coefficient (Wildman–Crippen LogP) is 0.570. The molecular formula is C8H3F3N2O2. The Kier molecular flexibility index (Phi) is 1.72. The first kappa shape index (κ1) is 9.50. The van der Waals surface area contributed by atoms with E-state index in [1.54, 1.807) is 5.32 Å². The van der Waals surface area contributed by atoms with Crippen LogP contribution in [0.2, 0.25) is 0 Å². The van der Waals surface area contributed by atoms with Gasteiger partial charge in [-0.2, -0.15) is 0 Å². The van der Waals surface area contributed by atoms with Crippen LogP contribution in [0.25, 0.3) is 0 Å². The van der Waals surface area contributed by atoms with Crippen molar-refractivity contribution in [3.63, 3.8) is 0 Å². The van der Waals surface area contributed by atoms with Gasteiger partial charge in [0.2, 0.25) is 0 Å². The largest absolute Gasteiger partial charge is 0.394 e. The van der Waals surface area contributed by atoms with Gasteiger partial charge in [0, 0.05) is 0 Å². The first-order valence-electron chi connectivity index (χ1n) is 3.76. The SMILES string of the molecule is Nc1c(F)c(F)c2c(c1F)C(=O)NC2=O. The van der Waals surface area contributed by atoms with Crippen LogP contribution < -0.4 is 11.1 Å². The molecule has 0 aromatic heterocycles. The van der Waals surface area contributed by atoms with Crippen LogP contribution in [0, 0.1) is 17.5 Å². The number of carbonyl (C=O) groups excluding carboxylic acids is 2. The van der Waals surface area contributed by atoms with Crippen molar-refractivity contribution < 1.29 is 22.8 Å². The molecule has 1 aromatic rings. The molecule has 1 heterocycles. The predicted molar refractivity (Wildman–Crippen MR) is 42.5 cm³/mol. The molecule has 2 rings (SSSR count). The third kappa shape index (κ3) is 1.03. The molecule has 0 spiro atoms. The Bertz CT molecular complexity index is 468. The highest BCUT2D eigenvalue weighted by Crippen LogP contribution is 2.29. The number of benzene rings is 1. The molecule has 0 unspecified atom stereocenters. The highest BCUT2D eigenvalue weighted by molar-refractivity contribution is 6.22. The monoisotopic (exact) mass is 216 g/mol. The number of nitrogen functional groups attached to an aromatic ring is 1. The maximum atomic E-state index is 13.2. The third-order valence-corrected chi connectivity index (χ3v) is 2.04. The van der Waals surface area contributed by atoms with E-state index in [4.69, 9.17) is 5.73 Å². The Labute approximate surface area is 80.9 Å². The lowest BCUT2D eigenvalue weighted by atomic mass is 10.1. The Morgan fingerprint density at radius 1 is 0.867 bits per heavy atom. The number of fused-ring (bicyclic) bond motifs is 1. The lowest BCUT2D eigenvalue weighted by Gasteiger charge is -2.04. The summed E-state index contributed by atoms with van der Waals surface area (Å²) in [5.74, 6) is -7.01. The highest BCUT2D eigenvalue weighted by Gasteiger charge is 2.37. The molecule has 0 saturated carbocycles. The number of nitrogens with one attached hydrogen (secondary N) is 1. The van der Waals surface area contributed by atoms with E-state index in [0.717, 1.165) is 0 Å². The van der Waals surface area contributed by atoms with Gasteiger partial charge in [0.1, 0.15) is 5.69 Å². The van der Waals surface area contributed by atoms with Crippen molar-refractivity contribution in [1.82, 2.24) is 5.32 Å². The van der Waals surface area contributed by atoms with Crippen LogP contribution in [0.15, 0.2) is 0 Å². The maximum Gasteiger partial charge on any atom is 0.262 e. The zero-order chi connectivity index (χ0) is 11.3. The number of halogens is 3. The normalized spacial score (nSPS) is 14.1. The van der Waals surface area contributed by atoms with Crippen molar-refractivity contribution in [2.75, 3.05) is 5.73 Å². The van der Waals surface area contributed by atoms with Gasteiger partial charge in [-0.25, -0.2) is 13.2 Å². The summed E-state index contributed by atoms with van der Waals surface area (Å²) < 4.78 is 39.3. The van der Waals surface area contributed by atoms with Crippen molar-refractivity contribution in [2.45, 2.75) is 0 Å². The van der Waals surface area contributed by atoms with Gasteiger partial charge in [-0.05, 0) is 0 Å². The zero-order valence-electron chi connectivity index (χ0n) is 7.03. The smallest absolute Gasteiger partial charge is 0.262 e. The Morgan fingerprint density at radius 2 is 1.33 bits per heavy atom. The number of hydrogen-bond acceptors (Lipinski definition) is 3. The van der Waals surface area contributed by atoms with Crippen LogP contribution in [-0.2, 0) is 0 Å². The second-order valence-corrected chi connectivity index (χ2v) is 2.89. The molecule has 78 valence electrons. The van der Waals surface area contributed by atoms with Crippen LogP contribution in [0.5, 0.6) is 0 Å². The number of carbonyl (C=O) groups is 2. The van der Waals surface area contributed by atoms with Crippen molar-refractivity contribution >= 4 is 17.5 Å². The first-order chi connectivity index (χ1) is 6.95. The molecule has 3 N–H and O–H groups in total. The summed E-state index contributed by atoms with van der Waals surface area (Å²) in [6, 6.07) is 0. The third-order valence-electron chi connectivity index (χ3n) is 2.04. The number of amides is 2. The molecule has 4 nitrogen and oxygen atoms in total. The molecule has 2 amide bonds. The summed E-state index contributed by atoms with van der Waals surface area (Å²) >= 11 is 0. The van der Waals surface area contributed by atoms with E-state index in [2.05, 4.69) is 0 Å². The van der Waals surface area contributed by atoms with Gasteiger partial charge < -0.3 is 5.73 Å². The molecule has 1 aliphatic rings. The maximum absolute atomic E-state index is 13.2. The molecule has 15 heavy (non-hydrogen) atoms. The van der Waals surface area contributed by atoms with Crippen LogP contribution in [-0.4, -0.2) is 11.8 Å². The van der Waals surface area contributed by atoms with E-state index in [0.29, 0.717) is 0 Å². The number of imide groups is 1. The van der Waals surface area contributed by atoms with E-state index in [1.165, 1.54) is 0 Å². The molecule has 0 fully saturated rings. The quantitative estimate of drug-likeness (QED) is 0.378. The van der Waals surface area contributed by atoms with Crippen molar-refractivity contribution in [3.8, 4) is 0 Å². The van der Waals surface area contributed by atoms with E-state index in [9.17, 15) is 22.8 Å². The topological polar surface area (TPSA) is 72.2 Å². The molecule has 7 heteroatoms. The number of hydrogen-bond donors (Lipinski definition) is 2. The summed E-state index contributed by atoms with van der Waals surface area (Å²) in [6.45, 7) is 0. The first-order valence-corrected chi connectivity index (χ1v) is 3.76. The second kappa shape index (κ2) is 2.72. The minimum Gasteiger partial charge on any atom is -0.394 e. The highest BCUT2D eigenvalue weighted by atomic mass is 19.2. The fourth-order valence-corrected chi connectivity index (χ4v) is 1.33. The lowest BCUT2D eigenvalue weighted by molar-refractivity contribution is 0.0877. The number of anilines is 1. The van der Waals surface area contributed by atoms with E-state index in [1.807, 2.05) is 0 Å². The molecule has 0 aliphatic carbocycles. The average molecular weight is 216 g/mol. The average Bonchev–Trinajstić information content (AvgIpc) is 2.47. The summed E-state index contributed by atoms with van der Waals surface area (Å²) in [7, 11) is 0. The van der Waals surface area contributed by atoms with Gasteiger partial charge in [0.25, 0.3) is 11.8 Å². The van der Waals surface area contributed by atoms with Gasteiger partial charge in [0.15, 0.2) is 17.5 Å². The second-order valence-electron chi connectivity index (χ2n) is 2.89. The fraction of sp³-hybridized carbons (Fsp3) is 0. The van der Waals surface area contributed by atoms with Gasteiger partial charge in [0.05, 0.1) is 11.1 Å². The number of nitrogens with two attached hydrogens (primary N) is 1. The number of rotatable bonds is 0. The van der Waals surface area contributed by atoms with E-state index < -0.39 is 46.1 Å². The molecule has 0 saturated heterocycles. The van der Waals surface area contributed by atoms with E-state index in [-0.39, 0.29) is 0 Å². The van der Waals surface area contributed by atoms with Gasteiger partial charge in [-0.15, -0.1) is 0 Å². The van der Waals surface area contributed by atoms with Crippen molar-refractivity contribution in [3.05, 3.63) is 28.6 Å². The van der Waals surface area contributed by atoms with Crippen LogP contribution >= 0.6 is 0 Å². The fourth-order valence-electron chi connectivity index (χ4n) is 1.33. The molecule has 0 bridgehead atoms. The van der Waals surface area contributed by atoms with Gasteiger partial charge in [-0.3, -0.25) is 14.9 Å². The van der Waals surface area contributed by atoms with Gasteiger partial charge >= 0.3 is 0 Å². The summed E-state index contributed by atoms with van der Waals surface area (Å²) in [4.78, 5) is 22.0. The molecule has 1 aliphatic heterocycles. The zero-order valence-corrected chi connectivity index (χ0v) is 7.03. The minimum absolute atomic E-state index is 0.851. The minimum atomic E-state index is -1.67. The van der Waals surface area contributed by atoms with E-state index >= 15 is 0 Å². The Hall–Kier alpha value is -2.05.